The van der Waals surface area contributed by atoms with Crippen molar-refractivity contribution >= 4 is 11.9 Å². The Kier molecular flexibility index (Phi) is 4.93. The van der Waals surface area contributed by atoms with Gasteiger partial charge in [-0.2, -0.15) is 0 Å². The van der Waals surface area contributed by atoms with Gasteiger partial charge < -0.3 is 10.6 Å². The molecule has 0 saturated carbocycles. The second-order valence-electron chi connectivity index (χ2n) is 6.11. The number of hydrogen-bond acceptors (Lipinski definition) is 4. The Labute approximate surface area is 140 Å². The monoisotopic (exact) mass is 326 g/mol. The van der Waals surface area contributed by atoms with Crippen molar-refractivity contribution < 1.29 is 4.79 Å². The van der Waals surface area contributed by atoms with Gasteiger partial charge in [-0.05, 0) is 55.9 Å². The van der Waals surface area contributed by atoms with Gasteiger partial charge in [0.2, 0.25) is 5.95 Å². The van der Waals surface area contributed by atoms with E-state index in [-0.39, 0.29) is 11.5 Å². The van der Waals surface area contributed by atoms with Crippen LogP contribution in [0.15, 0.2) is 29.1 Å². The van der Waals surface area contributed by atoms with E-state index in [1.807, 2.05) is 12.1 Å². The third-order valence-electron chi connectivity index (χ3n) is 4.18. The van der Waals surface area contributed by atoms with E-state index < -0.39 is 0 Å². The lowest BCUT2D eigenvalue weighted by Crippen LogP contribution is -2.29. The quantitative estimate of drug-likeness (QED) is 0.731. The molecule has 0 aliphatic heterocycles. The standard InChI is InChI=1S/C18H22N4O2/c1-12-10-16(23)22-18(21-12)20-9-8-19-17(24)15-7-6-13-4-2-3-5-14(13)11-15/h6-7,10-11H,2-5,8-9H2,1H3,(H,19,24)(H2,20,21,22,23). The number of nitrogens with one attached hydrogen (secondary N) is 3. The number of H-pyrrole nitrogens is 1. The summed E-state index contributed by atoms with van der Waals surface area (Å²) in [5.74, 6) is 0.346. The summed E-state index contributed by atoms with van der Waals surface area (Å²) in [7, 11) is 0. The van der Waals surface area contributed by atoms with Crippen LogP contribution in [0.2, 0.25) is 0 Å². The van der Waals surface area contributed by atoms with Crippen LogP contribution in [0.3, 0.4) is 0 Å². The van der Waals surface area contributed by atoms with Crippen LogP contribution in [0.1, 0.15) is 40.0 Å². The molecular formula is C18H22N4O2. The molecule has 126 valence electrons. The molecule has 6 heteroatoms. The Bertz CT molecular complexity index is 798. The lowest BCUT2D eigenvalue weighted by atomic mass is 9.90. The molecule has 3 rings (SSSR count). The highest BCUT2D eigenvalue weighted by molar-refractivity contribution is 5.94. The Morgan fingerprint density at radius 3 is 2.75 bits per heavy atom. The lowest BCUT2D eigenvalue weighted by molar-refractivity contribution is 0.0955. The maximum atomic E-state index is 12.2. The lowest BCUT2D eigenvalue weighted by Gasteiger charge is -2.16. The number of fused-ring (bicyclic) bond motifs is 1. The third kappa shape index (κ3) is 4.01. The van der Waals surface area contributed by atoms with Crippen molar-refractivity contribution in [3.8, 4) is 0 Å². The van der Waals surface area contributed by atoms with Gasteiger partial charge in [0, 0.05) is 30.4 Å². The molecule has 1 aromatic heterocycles. The molecule has 0 fully saturated rings. The summed E-state index contributed by atoms with van der Waals surface area (Å²) >= 11 is 0. The summed E-state index contributed by atoms with van der Waals surface area (Å²) in [6.45, 7) is 2.70. The first-order valence-electron chi connectivity index (χ1n) is 8.34. The number of hydrogen-bond donors (Lipinski definition) is 3. The Hall–Kier alpha value is -2.63. The number of aromatic nitrogens is 2. The van der Waals surface area contributed by atoms with E-state index in [1.165, 1.54) is 30.0 Å². The number of aryl methyl sites for hydroxylation is 3. The van der Waals surface area contributed by atoms with Crippen LogP contribution in [0.5, 0.6) is 0 Å². The normalized spacial score (nSPS) is 13.2. The molecular weight excluding hydrogens is 304 g/mol. The van der Waals surface area contributed by atoms with E-state index in [1.54, 1.807) is 6.92 Å². The molecule has 0 saturated heterocycles. The van der Waals surface area contributed by atoms with Crippen LogP contribution >= 0.6 is 0 Å². The predicted molar refractivity (Wildman–Crippen MR) is 93.5 cm³/mol. The zero-order valence-corrected chi connectivity index (χ0v) is 13.8. The molecule has 0 unspecified atom stereocenters. The molecule has 2 aromatic rings. The van der Waals surface area contributed by atoms with Gasteiger partial charge in [-0.1, -0.05) is 6.07 Å². The van der Waals surface area contributed by atoms with E-state index >= 15 is 0 Å². The van der Waals surface area contributed by atoms with Gasteiger partial charge in [0.05, 0.1) is 0 Å². The van der Waals surface area contributed by atoms with E-state index in [2.05, 4.69) is 26.7 Å². The summed E-state index contributed by atoms with van der Waals surface area (Å²) in [6.07, 6.45) is 4.61. The van der Waals surface area contributed by atoms with Crippen LogP contribution in [-0.2, 0) is 12.8 Å². The largest absolute Gasteiger partial charge is 0.354 e. The number of rotatable bonds is 5. The van der Waals surface area contributed by atoms with Gasteiger partial charge in [-0.3, -0.25) is 14.6 Å². The predicted octanol–water partition coefficient (Wildman–Crippen LogP) is 1.80. The number of aromatic amines is 1. The Morgan fingerprint density at radius 1 is 1.17 bits per heavy atom. The summed E-state index contributed by atoms with van der Waals surface area (Å²) in [5.41, 5.74) is 3.84. The second kappa shape index (κ2) is 7.29. The first-order chi connectivity index (χ1) is 11.6. The van der Waals surface area contributed by atoms with E-state index in [0.717, 1.165) is 12.8 Å². The fourth-order valence-electron chi connectivity index (χ4n) is 3.00. The van der Waals surface area contributed by atoms with Crippen molar-refractivity contribution in [3.05, 3.63) is 57.0 Å². The van der Waals surface area contributed by atoms with Gasteiger partial charge in [0.25, 0.3) is 11.5 Å². The zero-order valence-electron chi connectivity index (χ0n) is 13.8. The zero-order chi connectivity index (χ0) is 16.9. The molecule has 0 spiro atoms. The smallest absolute Gasteiger partial charge is 0.252 e. The van der Waals surface area contributed by atoms with Crippen LogP contribution < -0.4 is 16.2 Å². The van der Waals surface area contributed by atoms with Crippen molar-refractivity contribution in [1.82, 2.24) is 15.3 Å². The number of carbonyl (C=O) groups excluding carboxylic acids is 1. The van der Waals surface area contributed by atoms with E-state index in [4.69, 9.17) is 0 Å². The minimum atomic E-state index is -0.192. The SMILES string of the molecule is Cc1cc(=O)[nH]c(NCCNC(=O)c2ccc3c(c2)CCCC3)n1. The van der Waals surface area contributed by atoms with Crippen molar-refractivity contribution in [3.63, 3.8) is 0 Å². The summed E-state index contributed by atoms with van der Waals surface area (Å²) in [4.78, 5) is 30.4. The highest BCUT2D eigenvalue weighted by Crippen LogP contribution is 2.22. The minimum Gasteiger partial charge on any atom is -0.354 e. The van der Waals surface area contributed by atoms with Gasteiger partial charge in [0.1, 0.15) is 0 Å². The van der Waals surface area contributed by atoms with Crippen LogP contribution in [0.25, 0.3) is 0 Å². The molecule has 1 aromatic carbocycles. The number of amides is 1. The Balaban J connectivity index is 1.51. The van der Waals surface area contributed by atoms with Gasteiger partial charge in [0.15, 0.2) is 0 Å². The molecule has 0 radical (unpaired) electrons. The highest BCUT2D eigenvalue weighted by atomic mass is 16.1. The molecule has 24 heavy (non-hydrogen) atoms. The number of anilines is 1. The summed E-state index contributed by atoms with van der Waals surface area (Å²) in [5, 5.41) is 5.89. The first-order valence-corrected chi connectivity index (χ1v) is 8.34. The fourth-order valence-corrected chi connectivity index (χ4v) is 3.00. The Morgan fingerprint density at radius 2 is 1.96 bits per heavy atom. The van der Waals surface area contributed by atoms with Crippen molar-refractivity contribution in [2.45, 2.75) is 32.6 Å². The van der Waals surface area contributed by atoms with Gasteiger partial charge in [-0.15, -0.1) is 0 Å². The van der Waals surface area contributed by atoms with Gasteiger partial charge in [-0.25, -0.2) is 4.98 Å². The molecule has 1 aliphatic carbocycles. The number of nitrogens with zero attached hydrogens (tertiary/aromatic N) is 1. The van der Waals surface area contributed by atoms with E-state index in [9.17, 15) is 9.59 Å². The average molecular weight is 326 g/mol. The molecule has 0 bridgehead atoms. The number of benzene rings is 1. The molecule has 3 N–H and O–H groups in total. The van der Waals surface area contributed by atoms with Crippen LogP contribution in [-0.4, -0.2) is 29.0 Å². The van der Waals surface area contributed by atoms with Crippen LogP contribution in [0.4, 0.5) is 5.95 Å². The van der Waals surface area contributed by atoms with E-state index in [0.29, 0.717) is 30.3 Å². The average Bonchev–Trinajstić information content (AvgIpc) is 2.57. The molecule has 1 aliphatic rings. The van der Waals surface area contributed by atoms with Crippen molar-refractivity contribution in [2.24, 2.45) is 0 Å². The van der Waals surface area contributed by atoms with Crippen molar-refractivity contribution in [1.29, 1.82) is 0 Å². The second-order valence-corrected chi connectivity index (χ2v) is 6.11. The minimum absolute atomic E-state index is 0.0733. The molecule has 1 amide bonds. The maximum absolute atomic E-state index is 12.2. The van der Waals surface area contributed by atoms with Gasteiger partial charge >= 0.3 is 0 Å². The maximum Gasteiger partial charge on any atom is 0.252 e. The third-order valence-corrected chi connectivity index (χ3v) is 4.18. The molecule has 6 nitrogen and oxygen atoms in total. The summed E-state index contributed by atoms with van der Waals surface area (Å²) < 4.78 is 0. The highest BCUT2D eigenvalue weighted by Gasteiger charge is 2.12. The fraction of sp³-hybridized carbons (Fsp3) is 0.389. The molecule has 0 atom stereocenters. The molecule has 1 heterocycles. The van der Waals surface area contributed by atoms with Crippen molar-refractivity contribution in [2.75, 3.05) is 18.4 Å². The summed E-state index contributed by atoms with van der Waals surface area (Å²) in [6, 6.07) is 7.41. The first kappa shape index (κ1) is 16.2. The number of carbonyl (C=O) groups is 1. The van der Waals surface area contributed by atoms with Crippen LogP contribution in [0, 0.1) is 6.92 Å². The topological polar surface area (TPSA) is 86.9 Å².